The number of carbonyl (C=O) groups excluding carboxylic acids is 2. The van der Waals surface area contributed by atoms with E-state index in [0.717, 1.165) is 5.56 Å². The number of halogens is 1. The Morgan fingerprint density at radius 1 is 1.03 bits per heavy atom. The molecule has 4 N–H and O–H groups in total. The molecule has 0 heterocycles. The van der Waals surface area contributed by atoms with E-state index in [1.165, 1.54) is 7.11 Å². The third-order valence-corrected chi connectivity index (χ3v) is 5.11. The van der Waals surface area contributed by atoms with Crippen LogP contribution in [0.15, 0.2) is 66.7 Å². The molecule has 3 aromatic carbocycles. The van der Waals surface area contributed by atoms with Crippen LogP contribution in [-0.4, -0.2) is 19.0 Å². The van der Waals surface area contributed by atoms with Gasteiger partial charge in [-0.15, -0.1) is 0 Å². The van der Waals surface area contributed by atoms with Gasteiger partial charge in [0.2, 0.25) is 5.91 Å². The monoisotopic (exact) mass is 453 g/mol. The van der Waals surface area contributed by atoms with E-state index in [4.69, 9.17) is 26.8 Å². The van der Waals surface area contributed by atoms with Gasteiger partial charge in [0.25, 0.3) is 0 Å². The number of ether oxygens (including phenoxy) is 2. The Bertz CT molecular complexity index is 1110. The highest BCUT2D eigenvalue weighted by atomic mass is 35.5. The predicted octanol–water partition coefficient (Wildman–Crippen LogP) is 5.19. The fourth-order valence-corrected chi connectivity index (χ4v) is 3.31. The van der Waals surface area contributed by atoms with Gasteiger partial charge in [0, 0.05) is 11.1 Å². The molecule has 0 unspecified atom stereocenters. The highest BCUT2D eigenvalue weighted by Crippen LogP contribution is 2.32. The lowest BCUT2D eigenvalue weighted by molar-refractivity contribution is -0.116. The Labute approximate surface area is 191 Å². The maximum atomic E-state index is 12.8. The van der Waals surface area contributed by atoms with E-state index in [1.807, 2.05) is 37.3 Å². The first kappa shape index (κ1) is 23.0. The Morgan fingerprint density at radius 3 is 2.44 bits per heavy atom. The van der Waals surface area contributed by atoms with E-state index in [1.54, 1.807) is 36.4 Å². The molecular weight excluding hydrogens is 430 g/mol. The summed E-state index contributed by atoms with van der Waals surface area (Å²) in [6.07, 6.45) is -0.0530. The Hall–Kier alpha value is -3.71. The quantitative estimate of drug-likeness (QED) is 0.436. The van der Waals surface area contributed by atoms with Crippen LogP contribution in [0.3, 0.4) is 0 Å². The number of nitrogens with one attached hydrogen (secondary N) is 2. The summed E-state index contributed by atoms with van der Waals surface area (Å²) < 4.78 is 11.2. The lowest BCUT2D eigenvalue weighted by atomic mass is 10.0. The molecule has 0 spiro atoms. The first-order valence-corrected chi connectivity index (χ1v) is 10.3. The Morgan fingerprint density at radius 2 is 1.75 bits per heavy atom. The van der Waals surface area contributed by atoms with Crippen molar-refractivity contribution in [3.8, 4) is 17.2 Å². The van der Waals surface area contributed by atoms with Crippen LogP contribution in [0.5, 0.6) is 17.2 Å². The van der Waals surface area contributed by atoms with Crippen LogP contribution in [0.1, 0.15) is 23.6 Å². The Balaban J connectivity index is 1.79. The molecule has 0 saturated carbocycles. The van der Waals surface area contributed by atoms with Gasteiger partial charge in [-0.3, -0.25) is 4.79 Å². The number of nitrogens with two attached hydrogens (primary N) is 1. The van der Waals surface area contributed by atoms with Crippen molar-refractivity contribution in [1.82, 2.24) is 5.32 Å². The largest absolute Gasteiger partial charge is 0.495 e. The molecule has 0 saturated heterocycles. The fourth-order valence-electron chi connectivity index (χ4n) is 3.16. The molecule has 3 rings (SSSR count). The molecule has 166 valence electrons. The van der Waals surface area contributed by atoms with Crippen molar-refractivity contribution < 1.29 is 19.1 Å². The number of carbonyl (C=O) groups is 2. The standard InChI is InChI=1S/C24H24ClN3O4/c1-15-11-21(22(31-2)13-19(15)25)27-23(29)14-20(28-24(26)30)16-7-6-10-18(12-16)32-17-8-4-3-5-9-17/h3-13,20H,14H2,1-2H3,(H,27,29)(H3,26,28,30)/t20-/m0/s1. The third-order valence-electron chi connectivity index (χ3n) is 4.70. The van der Waals surface area contributed by atoms with E-state index < -0.39 is 12.1 Å². The van der Waals surface area contributed by atoms with Crippen molar-refractivity contribution in [1.29, 1.82) is 0 Å². The summed E-state index contributed by atoms with van der Waals surface area (Å²) in [5.41, 5.74) is 7.30. The summed E-state index contributed by atoms with van der Waals surface area (Å²) in [7, 11) is 1.49. The van der Waals surface area contributed by atoms with Crippen LogP contribution in [-0.2, 0) is 4.79 Å². The summed E-state index contributed by atoms with van der Waals surface area (Å²) in [4.78, 5) is 24.4. The predicted molar refractivity (Wildman–Crippen MR) is 124 cm³/mol. The van der Waals surface area contributed by atoms with Crippen LogP contribution in [0.25, 0.3) is 0 Å². The number of para-hydroxylation sites is 1. The number of rotatable bonds is 8. The van der Waals surface area contributed by atoms with Gasteiger partial charge < -0.3 is 25.8 Å². The third kappa shape index (κ3) is 6.15. The number of anilines is 1. The lowest BCUT2D eigenvalue weighted by Crippen LogP contribution is -2.35. The second-order valence-corrected chi connectivity index (χ2v) is 7.51. The number of urea groups is 1. The lowest BCUT2D eigenvalue weighted by Gasteiger charge is -2.19. The van der Waals surface area contributed by atoms with Crippen molar-refractivity contribution in [2.45, 2.75) is 19.4 Å². The molecule has 7 nitrogen and oxygen atoms in total. The molecular formula is C24H24ClN3O4. The van der Waals surface area contributed by atoms with Crippen molar-refractivity contribution in [3.63, 3.8) is 0 Å². The topological polar surface area (TPSA) is 103 Å². The number of benzene rings is 3. The summed E-state index contributed by atoms with van der Waals surface area (Å²) in [5, 5.41) is 5.97. The number of hydrogen-bond donors (Lipinski definition) is 3. The molecule has 3 amide bonds. The average molecular weight is 454 g/mol. The van der Waals surface area contributed by atoms with Gasteiger partial charge in [0.15, 0.2) is 0 Å². The van der Waals surface area contributed by atoms with Crippen LogP contribution in [0.2, 0.25) is 5.02 Å². The smallest absolute Gasteiger partial charge is 0.312 e. The second-order valence-electron chi connectivity index (χ2n) is 7.10. The van der Waals surface area contributed by atoms with E-state index in [9.17, 15) is 9.59 Å². The summed E-state index contributed by atoms with van der Waals surface area (Å²) in [5.74, 6) is 1.34. The molecule has 0 bridgehead atoms. The van der Waals surface area contributed by atoms with E-state index in [2.05, 4.69) is 10.6 Å². The minimum Gasteiger partial charge on any atom is -0.495 e. The number of primary amides is 1. The van der Waals surface area contributed by atoms with E-state index in [-0.39, 0.29) is 12.3 Å². The van der Waals surface area contributed by atoms with Gasteiger partial charge in [0.1, 0.15) is 17.2 Å². The maximum absolute atomic E-state index is 12.8. The van der Waals surface area contributed by atoms with Gasteiger partial charge in [-0.2, -0.15) is 0 Å². The van der Waals surface area contributed by atoms with Crippen LogP contribution < -0.4 is 25.8 Å². The molecule has 0 aliphatic heterocycles. The van der Waals surface area contributed by atoms with Gasteiger partial charge in [0.05, 0.1) is 25.3 Å². The molecule has 0 aliphatic rings. The highest BCUT2D eigenvalue weighted by molar-refractivity contribution is 6.31. The van der Waals surface area contributed by atoms with E-state index in [0.29, 0.717) is 33.5 Å². The first-order chi connectivity index (χ1) is 15.4. The van der Waals surface area contributed by atoms with Crippen molar-refractivity contribution in [2.75, 3.05) is 12.4 Å². The number of amides is 3. The second kappa shape index (κ2) is 10.5. The molecule has 0 aliphatic carbocycles. The van der Waals surface area contributed by atoms with Gasteiger partial charge in [-0.1, -0.05) is 41.9 Å². The van der Waals surface area contributed by atoms with Crippen molar-refractivity contribution in [3.05, 3.63) is 82.9 Å². The minimum atomic E-state index is -0.739. The first-order valence-electron chi connectivity index (χ1n) is 9.88. The van der Waals surface area contributed by atoms with E-state index >= 15 is 0 Å². The molecule has 0 aromatic heterocycles. The normalized spacial score (nSPS) is 11.3. The average Bonchev–Trinajstić information content (AvgIpc) is 2.76. The minimum absolute atomic E-state index is 0.0530. The van der Waals surface area contributed by atoms with Crippen molar-refractivity contribution >= 4 is 29.2 Å². The summed E-state index contributed by atoms with van der Waals surface area (Å²) in [6, 6.07) is 18.4. The molecule has 0 radical (unpaired) electrons. The number of hydrogen-bond acceptors (Lipinski definition) is 4. The zero-order chi connectivity index (χ0) is 23.1. The van der Waals surface area contributed by atoms with Crippen LogP contribution >= 0.6 is 11.6 Å². The number of aryl methyl sites for hydroxylation is 1. The fraction of sp³-hybridized carbons (Fsp3) is 0.167. The summed E-state index contributed by atoms with van der Waals surface area (Å²) >= 11 is 6.13. The maximum Gasteiger partial charge on any atom is 0.312 e. The zero-order valence-electron chi connectivity index (χ0n) is 17.7. The van der Waals surface area contributed by atoms with Gasteiger partial charge >= 0.3 is 6.03 Å². The Kier molecular flexibility index (Phi) is 7.57. The summed E-state index contributed by atoms with van der Waals surface area (Å²) in [6.45, 7) is 1.83. The molecule has 3 aromatic rings. The van der Waals surface area contributed by atoms with Crippen LogP contribution in [0.4, 0.5) is 10.5 Å². The van der Waals surface area contributed by atoms with Crippen LogP contribution in [0, 0.1) is 6.92 Å². The molecule has 1 atom stereocenters. The molecule has 8 heteroatoms. The molecule has 0 fully saturated rings. The zero-order valence-corrected chi connectivity index (χ0v) is 18.5. The van der Waals surface area contributed by atoms with Gasteiger partial charge in [-0.05, 0) is 48.4 Å². The van der Waals surface area contributed by atoms with Gasteiger partial charge in [-0.25, -0.2) is 4.79 Å². The van der Waals surface area contributed by atoms with Crippen molar-refractivity contribution in [2.24, 2.45) is 5.73 Å². The molecule has 32 heavy (non-hydrogen) atoms. The highest BCUT2D eigenvalue weighted by Gasteiger charge is 2.20. The SMILES string of the molecule is COc1cc(Cl)c(C)cc1NC(=O)C[C@H](NC(N)=O)c1cccc(Oc2ccccc2)c1. The number of methoxy groups -OCH3 is 1.